The fourth-order valence-corrected chi connectivity index (χ4v) is 2.16. The Labute approximate surface area is 127 Å². The van der Waals surface area contributed by atoms with Gasteiger partial charge < -0.3 is 5.32 Å². The first-order valence-electron chi connectivity index (χ1n) is 6.53. The summed E-state index contributed by atoms with van der Waals surface area (Å²) in [5, 5.41) is 13.9. The van der Waals surface area contributed by atoms with Gasteiger partial charge in [-0.3, -0.25) is 10.1 Å². The number of anilines is 1. The Hall–Kier alpha value is -2.21. The van der Waals surface area contributed by atoms with Crippen molar-refractivity contribution < 1.29 is 4.92 Å². The Morgan fingerprint density at radius 3 is 2.57 bits per heavy atom. The quantitative estimate of drug-likeness (QED) is 0.516. The van der Waals surface area contributed by atoms with E-state index in [1.54, 1.807) is 0 Å². The Kier molecular flexibility index (Phi) is 4.70. The van der Waals surface area contributed by atoms with Crippen LogP contribution in [0, 0.1) is 10.1 Å². The molecule has 0 saturated carbocycles. The van der Waals surface area contributed by atoms with E-state index in [0.29, 0.717) is 0 Å². The minimum Gasteiger partial charge on any atom is -0.358 e. The van der Waals surface area contributed by atoms with Gasteiger partial charge in [-0.05, 0) is 24.5 Å². The van der Waals surface area contributed by atoms with Crippen LogP contribution in [0.3, 0.4) is 0 Å². The zero-order chi connectivity index (χ0) is 15.4. The summed E-state index contributed by atoms with van der Waals surface area (Å²) in [7, 11) is 0. The number of hydrogen-bond acceptors (Lipinski definition) is 5. The third kappa shape index (κ3) is 3.46. The van der Waals surface area contributed by atoms with Crippen LogP contribution >= 0.6 is 11.6 Å². The second-order valence-electron chi connectivity index (χ2n) is 4.58. The van der Waals surface area contributed by atoms with Crippen molar-refractivity contribution in [3.8, 4) is 0 Å². The largest absolute Gasteiger partial charge is 0.358 e. The molecule has 1 unspecified atom stereocenters. The average molecular weight is 307 g/mol. The van der Waals surface area contributed by atoms with Crippen molar-refractivity contribution in [3.05, 3.63) is 57.0 Å². The minimum absolute atomic E-state index is 0.118. The van der Waals surface area contributed by atoms with E-state index >= 15 is 0 Å². The van der Waals surface area contributed by atoms with Crippen LogP contribution in [0.25, 0.3) is 0 Å². The highest BCUT2D eigenvalue weighted by molar-refractivity contribution is 6.31. The van der Waals surface area contributed by atoms with Crippen molar-refractivity contribution in [2.75, 3.05) is 5.32 Å². The van der Waals surface area contributed by atoms with Gasteiger partial charge in [0, 0.05) is 0 Å². The van der Waals surface area contributed by atoms with Gasteiger partial charge in [0.15, 0.2) is 0 Å². The molecular weight excluding hydrogens is 292 g/mol. The third-order valence-corrected chi connectivity index (χ3v) is 3.48. The number of nitrogens with zero attached hydrogens (tertiary/aromatic N) is 3. The number of aryl methyl sites for hydroxylation is 1. The van der Waals surface area contributed by atoms with Crippen LogP contribution in [0.15, 0.2) is 30.6 Å². The molecule has 0 bridgehead atoms. The fraction of sp³-hybridized carbons (Fsp3) is 0.286. The molecule has 0 spiro atoms. The highest BCUT2D eigenvalue weighted by Gasteiger charge is 2.22. The summed E-state index contributed by atoms with van der Waals surface area (Å²) < 4.78 is 0. The molecule has 1 atom stereocenters. The second-order valence-corrected chi connectivity index (χ2v) is 4.94. The second kappa shape index (κ2) is 6.49. The molecule has 1 aromatic carbocycles. The molecule has 0 fully saturated rings. The van der Waals surface area contributed by atoms with Gasteiger partial charge in [0.2, 0.25) is 11.0 Å². The molecular formula is C14H15ClN4O2. The smallest absolute Gasteiger partial charge is 0.348 e. The van der Waals surface area contributed by atoms with E-state index in [1.807, 2.05) is 31.2 Å². The third-order valence-electron chi connectivity index (χ3n) is 3.20. The molecule has 0 saturated heterocycles. The predicted octanol–water partition coefficient (Wildman–Crippen LogP) is 3.77. The Balaban J connectivity index is 2.24. The number of rotatable bonds is 5. The van der Waals surface area contributed by atoms with Gasteiger partial charge in [-0.2, -0.15) is 0 Å². The summed E-state index contributed by atoms with van der Waals surface area (Å²) in [6.45, 7) is 3.99. The normalized spacial score (nSPS) is 12.0. The number of benzene rings is 1. The minimum atomic E-state index is -0.586. The highest BCUT2D eigenvalue weighted by atomic mass is 35.5. The number of aromatic nitrogens is 2. The molecule has 0 aliphatic heterocycles. The van der Waals surface area contributed by atoms with Gasteiger partial charge in [-0.15, -0.1) is 0 Å². The molecule has 0 aliphatic rings. The molecule has 6 nitrogen and oxygen atoms in total. The lowest BCUT2D eigenvalue weighted by Crippen LogP contribution is -2.10. The molecule has 1 heterocycles. The first-order chi connectivity index (χ1) is 10.0. The average Bonchev–Trinajstić information content (AvgIpc) is 2.47. The van der Waals surface area contributed by atoms with Crippen molar-refractivity contribution in [1.82, 2.24) is 9.97 Å². The molecule has 1 aromatic heterocycles. The van der Waals surface area contributed by atoms with Crippen molar-refractivity contribution in [3.63, 3.8) is 0 Å². The number of nitro groups is 1. The zero-order valence-electron chi connectivity index (χ0n) is 11.7. The van der Waals surface area contributed by atoms with Gasteiger partial charge in [0.25, 0.3) is 0 Å². The number of nitrogens with one attached hydrogen (secondary N) is 1. The SMILES string of the molecule is CCc1ccc(C(C)Nc2ncnc(Cl)c2[N+](=O)[O-])cc1. The summed E-state index contributed by atoms with van der Waals surface area (Å²) in [6.07, 6.45) is 2.17. The van der Waals surface area contributed by atoms with E-state index in [0.717, 1.165) is 12.0 Å². The van der Waals surface area contributed by atoms with Crippen molar-refractivity contribution >= 4 is 23.1 Å². The van der Waals surface area contributed by atoms with Crippen LogP contribution in [0.5, 0.6) is 0 Å². The maximum atomic E-state index is 11.0. The molecule has 0 radical (unpaired) electrons. The lowest BCUT2D eigenvalue weighted by atomic mass is 10.1. The van der Waals surface area contributed by atoms with Gasteiger partial charge in [-0.1, -0.05) is 42.8 Å². The van der Waals surface area contributed by atoms with Crippen LogP contribution in [-0.2, 0) is 6.42 Å². The summed E-state index contributed by atoms with van der Waals surface area (Å²) in [5.41, 5.74) is 1.94. The van der Waals surface area contributed by atoms with E-state index < -0.39 is 4.92 Å². The van der Waals surface area contributed by atoms with Crippen LogP contribution < -0.4 is 5.32 Å². The number of halogens is 1. The molecule has 0 aliphatic carbocycles. The predicted molar refractivity (Wildman–Crippen MR) is 81.6 cm³/mol. The van der Waals surface area contributed by atoms with Crippen molar-refractivity contribution in [2.45, 2.75) is 26.3 Å². The van der Waals surface area contributed by atoms with Crippen LogP contribution in [-0.4, -0.2) is 14.9 Å². The maximum absolute atomic E-state index is 11.0. The van der Waals surface area contributed by atoms with Gasteiger partial charge in [0.1, 0.15) is 6.33 Å². The first-order valence-corrected chi connectivity index (χ1v) is 6.91. The molecule has 0 amide bonds. The van der Waals surface area contributed by atoms with E-state index in [1.165, 1.54) is 11.9 Å². The summed E-state index contributed by atoms with van der Waals surface area (Å²) in [5.74, 6) is 0.118. The summed E-state index contributed by atoms with van der Waals surface area (Å²) in [4.78, 5) is 18.0. The van der Waals surface area contributed by atoms with Gasteiger partial charge in [-0.25, -0.2) is 9.97 Å². The van der Waals surface area contributed by atoms with Crippen LogP contribution in [0.2, 0.25) is 5.15 Å². The molecule has 2 rings (SSSR count). The zero-order valence-corrected chi connectivity index (χ0v) is 12.5. The molecule has 110 valence electrons. The summed E-state index contributed by atoms with van der Waals surface area (Å²) in [6, 6.07) is 7.92. The molecule has 2 aromatic rings. The fourth-order valence-electron chi connectivity index (χ4n) is 1.96. The first kappa shape index (κ1) is 15.2. The Morgan fingerprint density at radius 1 is 1.33 bits per heavy atom. The van der Waals surface area contributed by atoms with E-state index in [9.17, 15) is 10.1 Å². The van der Waals surface area contributed by atoms with E-state index in [2.05, 4.69) is 22.2 Å². The van der Waals surface area contributed by atoms with E-state index in [-0.39, 0.29) is 22.7 Å². The summed E-state index contributed by atoms with van der Waals surface area (Å²) >= 11 is 5.76. The van der Waals surface area contributed by atoms with Crippen molar-refractivity contribution in [2.24, 2.45) is 0 Å². The van der Waals surface area contributed by atoms with Crippen LogP contribution in [0.4, 0.5) is 11.5 Å². The number of hydrogen-bond donors (Lipinski definition) is 1. The molecule has 21 heavy (non-hydrogen) atoms. The standard InChI is InChI=1S/C14H15ClN4O2/c1-3-10-4-6-11(7-5-10)9(2)18-14-12(19(20)21)13(15)16-8-17-14/h4-9H,3H2,1-2H3,(H,16,17,18). The lowest BCUT2D eigenvalue weighted by Gasteiger charge is -2.15. The maximum Gasteiger partial charge on any atom is 0.348 e. The lowest BCUT2D eigenvalue weighted by molar-refractivity contribution is -0.384. The monoisotopic (exact) mass is 306 g/mol. The van der Waals surface area contributed by atoms with Gasteiger partial charge in [0.05, 0.1) is 11.0 Å². The van der Waals surface area contributed by atoms with E-state index in [4.69, 9.17) is 11.6 Å². The Morgan fingerprint density at radius 2 is 2.00 bits per heavy atom. The topological polar surface area (TPSA) is 81.0 Å². The van der Waals surface area contributed by atoms with Gasteiger partial charge >= 0.3 is 5.69 Å². The molecule has 1 N–H and O–H groups in total. The van der Waals surface area contributed by atoms with Crippen molar-refractivity contribution in [1.29, 1.82) is 0 Å². The highest BCUT2D eigenvalue weighted by Crippen LogP contribution is 2.30. The molecule has 7 heteroatoms. The van der Waals surface area contributed by atoms with Crippen LogP contribution in [0.1, 0.15) is 31.0 Å². The Bertz CT molecular complexity index is 646.